The van der Waals surface area contributed by atoms with Crippen LogP contribution in [0.25, 0.3) is 10.9 Å². The maximum absolute atomic E-state index is 14.2. The minimum Gasteiger partial charge on any atom is -0.444 e. The van der Waals surface area contributed by atoms with Gasteiger partial charge in [0.1, 0.15) is 23.6 Å². The SMILES string of the molecule is CC(C)(C)OC(=O)NCCSc1cc2ncnc(Nc3ccc(Br)cc3F)c2cc1[N+](=O)[O-]. The summed E-state index contributed by atoms with van der Waals surface area (Å²) in [6.07, 6.45) is 0.742. The molecule has 12 heteroatoms. The number of nitrogens with one attached hydrogen (secondary N) is 2. The van der Waals surface area contributed by atoms with E-state index in [2.05, 4.69) is 36.5 Å². The van der Waals surface area contributed by atoms with Crippen LogP contribution in [-0.4, -0.2) is 38.9 Å². The second-order valence-corrected chi connectivity index (χ2v) is 9.90. The van der Waals surface area contributed by atoms with Gasteiger partial charge < -0.3 is 15.4 Å². The summed E-state index contributed by atoms with van der Waals surface area (Å²) in [4.78, 5) is 31.7. The Hall–Kier alpha value is -2.99. The molecule has 174 valence electrons. The lowest BCUT2D eigenvalue weighted by atomic mass is 10.2. The molecule has 0 radical (unpaired) electrons. The van der Waals surface area contributed by atoms with Crippen molar-refractivity contribution >= 4 is 61.9 Å². The highest BCUT2D eigenvalue weighted by atomic mass is 79.9. The Morgan fingerprint density at radius 1 is 1.27 bits per heavy atom. The minimum atomic E-state index is -0.612. The average molecular weight is 538 g/mol. The number of nitrogens with zero attached hydrogens (tertiary/aromatic N) is 3. The molecule has 3 aromatic rings. The highest BCUT2D eigenvalue weighted by Gasteiger charge is 2.20. The van der Waals surface area contributed by atoms with Gasteiger partial charge in [0.2, 0.25) is 0 Å². The maximum atomic E-state index is 14.2. The summed E-state index contributed by atoms with van der Waals surface area (Å²) in [5, 5.41) is 17.6. The molecule has 0 aliphatic rings. The highest BCUT2D eigenvalue weighted by Crippen LogP contribution is 2.35. The quantitative estimate of drug-likeness (QED) is 0.168. The number of nitro benzene ring substituents is 1. The summed E-state index contributed by atoms with van der Waals surface area (Å²) in [6.45, 7) is 5.54. The maximum Gasteiger partial charge on any atom is 0.407 e. The van der Waals surface area contributed by atoms with Gasteiger partial charge >= 0.3 is 6.09 Å². The topological polar surface area (TPSA) is 119 Å². The number of carbonyl (C=O) groups is 1. The molecule has 33 heavy (non-hydrogen) atoms. The van der Waals surface area contributed by atoms with Crippen molar-refractivity contribution < 1.29 is 18.8 Å². The Labute approximate surface area is 201 Å². The molecule has 0 bridgehead atoms. The highest BCUT2D eigenvalue weighted by molar-refractivity contribution is 9.10. The molecule has 1 amide bonds. The van der Waals surface area contributed by atoms with E-state index >= 15 is 0 Å². The number of hydrogen-bond acceptors (Lipinski definition) is 8. The molecule has 9 nitrogen and oxygen atoms in total. The second-order valence-electron chi connectivity index (χ2n) is 7.84. The number of alkyl carbamates (subject to hydrolysis) is 1. The van der Waals surface area contributed by atoms with Gasteiger partial charge in [-0.3, -0.25) is 10.1 Å². The Bertz CT molecular complexity index is 1210. The van der Waals surface area contributed by atoms with Crippen LogP contribution in [0.3, 0.4) is 0 Å². The van der Waals surface area contributed by atoms with Gasteiger partial charge in [0.15, 0.2) is 0 Å². The second kappa shape index (κ2) is 10.3. The fraction of sp³-hybridized carbons (Fsp3) is 0.286. The van der Waals surface area contributed by atoms with Crippen LogP contribution in [0.5, 0.6) is 0 Å². The van der Waals surface area contributed by atoms with Gasteiger partial charge in [0.25, 0.3) is 5.69 Å². The molecule has 0 saturated carbocycles. The molecule has 0 saturated heterocycles. The molecule has 0 unspecified atom stereocenters. The molecule has 3 rings (SSSR count). The molecule has 0 spiro atoms. The number of carbonyl (C=O) groups excluding carboxylic acids is 1. The predicted molar refractivity (Wildman–Crippen MR) is 129 cm³/mol. The molecule has 1 aromatic heterocycles. The van der Waals surface area contributed by atoms with E-state index in [9.17, 15) is 19.3 Å². The van der Waals surface area contributed by atoms with E-state index in [1.54, 1.807) is 32.9 Å². The first-order valence-corrected chi connectivity index (χ1v) is 11.6. The average Bonchev–Trinajstić information content (AvgIpc) is 2.71. The third-order valence-corrected chi connectivity index (χ3v) is 5.66. The molecule has 1 heterocycles. The lowest BCUT2D eigenvalue weighted by Crippen LogP contribution is -2.33. The Kier molecular flexibility index (Phi) is 7.69. The van der Waals surface area contributed by atoms with Crippen LogP contribution < -0.4 is 10.6 Å². The van der Waals surface area contributed by atoms with Gasteiger partial charge in [0, 0.05) is 28.2 Å². The van der Waals surface area contributed by atoms with Crippen molar-refractivity contribution in [3.63, 3.8) is 0 Å². The number of benzene rings is 2. The van der Waals surface area contributed by atoms with Crippen LogP contribution in [0, 0.1) is 15.9 Å². The number of anilines is 2. The van der Waals surface area contributed by atoms with Crippen LogP contribution >= 0.6 is 27.7 Å². The third kappa shape index (κ3) is 6.75. The molecule has 0 aliphatic carbocycles. The first-order valence-electron chi connectivity index (χ1n) is 9.78. The van der Waals surface area contributed by atoms with Crippen molar-refractivity contribution in [2.24, 2.45) is 0 Å². The molecule has 2 aromatic carbocycles. The number of rotatable bonds is 7. The number of nitro groups is 1. The van der Waals surface area contributed by atoms with Crippen LogP contribution in [0.1, 0.15) is 20.8 Å². The summed E-state index contributed by atoms with van der Waals surface area (Å²) < 4.78 is 20.0. The van der Waals surface area contributed by atoms with E-state index in [-0.39, 0.29) is 23.7 Å². The molecule has 0 aliphatic heterocycles. The largest absolute Gasteiger partial charge is 0.444 e. The first-order chi connectivity index (χ1) is 15.5. The molecule has 0 atom stereocenters. The van der Waals surface area contributed by atoms with Gasteiger partial charge in [-0.1, -0.05) is 15.9 Å². The number of amides is 1. The zero-order chi connectivity index (χ0) is 24.2. The number of ether oxygens (including phenoxy) is 1. The Morgan fingerprint density at radius 3 is 2.70 bits per heavy atom. The number of halogens is 2. The van der Waals surface area contributed by atoms with Crippen molar-refractivity contribution in [1.82, 2.24) is 15.3 Å². The first kappa shape index (κ1) is 24.6. The molecular formula is C21H21BrFN5O4S. The summed E-state index contributed by atoms with van der Waals surface area (Å²) in [6, 6.07) is 7.43. The fourth-order valence-electron chi connectivity index (χ4n) is 2.78. The van der Waals surface area contributed by atoms with Gasteiger partial charge in [0.05, 0.1) is 21.0 Å². The monoisotopic (exact) mass is 537 g/mol. The van der Waals surface area contributed by atoms with Crippen molar-refractivity contribution in [2.45, 2.75) is 31.3 Å². The number of hydrogen-bond donors (Lipinski definition) is 2. The van der Waals surface area contributed by atoms with E-state index in [1.165, 1.54) is 36.3 Å². The zero-order valence-corrected chi connectivity index (χ0v) is 20.4. The summed E-state index contributed by atoms with van der Waals surface area (Å²) in [7, 11) is 0. The van der Waals surface area contributed by atoms with Crippen LogP contribution in [-0.2, 0) is 4.74 Å². The van der Waals surface area contributed by atoms with Gasteiger partial charge in [-0.2, -0.15) is 0 Å². The van der Waals surface area contributed by atoms with Crippen molar-refractivity contribution in [1.29, 1.82) is 0 Å². The lowest BCUT2D eigenvalue weighted by Gasteiger charge is -2.19. The standard InChI is InChI=1S/C21H21BrFN5O4S/c1-21(2,3)32-20(29)24-6-7-33-18-10-16-13(9-17(18)28(30)31)19(26-11-25-16)27-15-5-4-12(22)8-14(15)23/h4-5,8-11H,6-7H2,1-3H3,(H,24,29)(H,25,26,27). The van der Waals surface area contributed by atoms with Crippen molar-refractivity contribution in [3.8, 4) is 0 Å². The molecule has 0 fully saturated rings. The lowest BCUT2D eigenvalue weighted by molar-refractivity contribution is -0.387. The molecule has 2 N–H and O–H groups in total. The van der Waals surface area contributed by atoms with Gasteiger partial charge in [-0.15, -0.1) is 11.8 Å². The van der Waals surface area contributed by atoms with Crippen LogP contribution in [0.15, 0.2) is 46.0 Å². The third-order valence-electron chi connectivity index (χ3n) is 4.12. The predicted octanol–water partition coefficient (Wildman–Crippen LogP) is 5.80. The van der Waals surface area contributed by atoms with E-state index in [1.807, 2.05) is 0 Å². The number of fused-ring (bicyclic) bond motifs is 1. The van der Waals surface area contributed by atoms with E-state index < -0.39 is 22.4 Å². The van der Waals surface area contributed by atoms with Gasteiger partial charge in [-0.05, 0) is 45.0 Å². The van der Waals surface area contributed by atoms with Gasteiger partial charge in [-0.25, -0.2) is 19.2 Å². The van der Waals surface area contributed by atoms with E-state index in [4.69, 9.17) is 4.74 Å². The Balaban J connectivity index is 1.80. The summed E-state index contributed by atoms with van der Waals surface area (Å²) in [5.74, 6) is 0.120. The minimum absolute atomic E-state index is 0.140. The van der Waals surface area contributed by atoms with Crippen molar-refractivity contribution in [3.05, 3.63) is 57.1 Å². The van der Waals surface area contributed by atoms with E-state index in [0.717, 1.165) is 0 Å². The number of aromatic nitrogens is 2. The van der Waals surface area contributed by atoms with Crippen LogP contribution in [0.4, 0.5) is 26.4 Å². The Morgan fingerprint density at radius 2 is 2.03 bits per heavy atom. The van der Waals surface area contributed by atoms with Crippen molar-refractivity contribution in [2.75, 3.05) is 17.6 Å². The summed E-state index contributed by atoms with van der Waals surface area (Å²) >= 11 is 4.41. The smallest absolute Gasteiger partial charge is 0.407 e. The fourth-order valence-corrected chi connectivity index (χ4v) is 4.01. The summed E-state index contributed by atoms with van der Waals surface area (Å²) in [5.41, 5.74) is -0.122. The van der Waals surface area contributed by atoms with E-state index in [0.29, 0.717) is 26.0 Å². The number of thioether (sulfide) groups is 1. The van der Waals surface area contributed by atoms with Crippen LogP contribution in [0.2, 0.25) is 0 Å². The molecular weight excluding hydrogens is 517 g/mol. The normalized spacial score (nSPS) is 11.3. The zero-order valence-electron chi connectivity index (χ0n) is 18.0.